The van der Waals surface area contributed by atoms with Gasteiger partial charge < -0.3 is 5.32 Å². The molecule has 1 aromatic rings. The molecule has 0 saturated heterocycles. The molecule has 1 unspecified atom stereocenters. The Balaban J connectivity index is 2.79. The highest BCUT2D eigenvalue weighted by molar-refractivity contribution is 5.94. The van der Waals surface area contributed by atoms with Gasteiger partial charge >= 0.3 is 0 Å². The summed E-state index contributed by atoms with van der Waals surface area (Å²) < 4.78 is 0. The van der Waals surface area contributed by atoms with Gasteiger partial charge in [-0.1, -0.05) is 30.5 Å². The van der Waals surface area contributed by atoms with Crippen LogP contribution in [0, 0.1) is 25.2 Å². The third-order valence-electron chi connectivity index (χ3n) is 2.52. The Morgan fingerprint density at radius 1 is 1.35 bits per heavy atom. The molecule has 17 heavy (non-hydrogen) atoms. The molecule has 1 aromatic carbocycles. The van der Waals surface area contributed by atoms with Gasteiger partial charge in [-0.2, -0.15) is 5.26 Å². The SMILES string of the molecule is CCCC(C#N)NC(=O)c1cc(C)cc(C)c1. The molecule has 1 amide bonds. The number of carbonyl (C=O) groups is 1. The van der Waals surface area contributed by atoms with Crippen molar-refractivity contribution in [2.45, 2.75) is 39.7 Å². The average molecular weight is 230 g/mol. The number of aryl methyl sites for hydroxylation is 2. The summed E-state index contributed by atoms with van der Waals surface area (Å²) in [4.78, 5) is 11.9. The number of amides is 1. The van der Waals surface area contributed by atoms with Crippen LogP contribution in [-0.4, -0.2) is 11.9 Å². The molecule has 0 spiro atoms. The van der Waals surface area contributed by atoms with Gasteiger partial charge in [-0.05, 0) is 32.4 Å². The van der Waals surface area contributed by atoms with E-state index in [9.17, 15) is 4.79 Å². The lowest BCUT2D eigenvalue weighted by atomic mass is 10.1. The van der Waals surface area contributed by atoms with Gasteiger partial charge in [0.25, 0.3) is 5.91 Å². The Labute approximate surface area is 102 Å². The van der Waals surface area contributed by atoms with Gasteiger partial charge in [0.05, 0.1) is 6.07 Å². The number of nitriles is 1. The smallest absolute Gasteiger partial charge is 0.252 e. The van der Waals surface area contributed by atoms with Crippen LogP contribution in [0.2, 0.25) is 0 Å². The predicted molar refractivity (Wildman–Crippen MR) is 67.7 cm³/mol. The quantitative estimate of drug-likeness (QED) is 0.864. The molecule has 0 radical (unpaired) electrons. The molecule has 0 aromatic heterocycles. The lowest BCUT2D eigenvalue weighted by Gasteiger charge is -2.11. The Morgan fingerprint density at radius 3 is 2.41 bits per heavy atom. The summed E-state index contributed by atoms with van der Waals surface area (Å²) in [5.74, 6) is -0.170. The maximum atomic E-state index is 11.9. The molecule has 0 aliphatic heterocycles. The van der Waals surface area contributed by atoms with E-state index in [1.807, 2.05) is 39.0 Å². The van der Waals surface area contributed by atoms with Gasteiger partial charge in [-0.15, -0.1) is 0 Å². The normalized spacial score (nSPS) is 11.6. The van der Waals surface area contributed by atoms with Crippen LogP contribution in [0.25, 0.3) is 0 Å². The molecular weight excluding hydrogens is 212 g/mol. The van der Waals surface area contributed by atoms with E-state index in [2.05, 4.69) is 11.4 Å². The molecule has 0 bridgehead atoms. The summed E-state index contributed by atoms with van der Waals surface area (Å²) in [7, 11) is 0. The van der Waals surface area contributed by atoms with Crippen molar-refractivity contribution in [3.63, 3.8) is 0 Å². The highest BCUT2D eigenvalue weighted by Gasteiger charge is 2.12. The summed E-state index contributed by atoms with van der Waals surface area (Å²) in [6.07, 6.45) is 1.57. The summed E-state index contributed by atoms with van der Waals surface area (Å²) in [6, 6.07) is 7.40. The van der Waals surface area contributed by atoms with Gasteiger partial charge in [-0.25, -0.2) is 0 Å². The molecule has 0 heterocycles. The molecule has 0 aliphatic rings. The first-order valence-corrected chi connectivity index (χ1v) is 5.85. The molecule has 0 fully saturated rings. The first-order chi connectivity index (χ1) is 8.06. The number of benzene rings is 1. The van der Waals surface area contributed by atoms with Crippen molar-refractivity contribution >= 4 is 5.91 Å². The Morgan fingerprint density at radius 2 is 1.94 bits per heavy atom. The maximum Gasteiger partial charge on any atom is 0.252 e. The second-order valence-corrected chi connectivity index (χ2v) is 4.32. The molecular formula is C14H18N2O. The van der Waals surface area contributed by atoms with Crippen molar-refractivity contribution in [2.75, 3.05) is 0 Å². The van der Waals surface area contributed by atoms with Gasteiger partial charge in [0.1, 0.15) is 6.04 Å². The number of hydrogen-bond donors (Lipinski definition) is 1. The average Bonchev–Trinajstić information content (AvgIpc) is 2.27. The Hall–Kier alpha value is -1.82. The van der Waals surface area contributed by atoms with Crippen LogP contribution in [-0.2, 0) is 0 Å². The minimum absolute atomic E-state index is 0.170. The lowest BCUT2D eigenvalue weighted by Crippen LogP contribution is -2.33. The second-order valence-electron chi connectivity index (χ2n) is 4.32. The van der Waals surface area contributed by atoms with Gasteiger partial charge in [0, 0.05) is 5.56 Å². The first-order valence-electron chi connectivity index (χ1n) is 5.85. The fourth-order valence-corrected chi connectivity index (χ4v) is 1.81. The van der Waals surface area contributed by atoms with E-state index in [1.54, 1.807) is 0 Å². The van der Waals surface area contributed by atoms with Gasteiger partial charge in [-0.3, -0.25) is 4.79 Å². The molecule has 3 nitrogen and oxygen atoms in total. The molecule has 90 valence electrons. The standard InChI is InChI=1S/C14H18N2O/c1-4-5-13(9-15)16-14(17)12-7-10(2)6-11(3)8-12/h6-8,13H,4-5H2,1-3H3,(H,16,17). The number of rotatable bonds is 4. The minimum atomic E-state index is -0.395. The summed E-state index contributed by atoms with van der Waals surface area (Å²) in [5, 5.41) is 11.6. The van der Waals surface area contributed by atoms with E-state index in [4.69, 9.17) is 5.26 Å². The third kappa shape index (κ3) is 3.92. The first kappa shape index (κ1) is 13.2. The van der Waals surface area contributed by atoms with E-state index in [-0.39, 0.29) is 5.91 Å². The molecule has 0 saturated carbocycles. The van der Waals surface area contributed by atoms with E-state index in [0.717, 1.165) is 17.5 Å². The lowest BCUT2D eigenvalue weighted by molar-refractivity contribution is 0.0943. The van der Waals surface area contributed by atoms with Crippen molar-refractivity contribution in [1.82, 2.24) is 5.32 Å². The maximum absolute atomic E-state index is 11.9. The van der Waals surface area contributed by atoms with Crippen molar-refractivity contribution in [2.24, 2.45) is 0 Å². The van der Waals surface area contributed by atoms with Crippen molar-refractivity contribution in [3.05, 3.63) is 34.9 Å². The number of nitrogens with one attached hydrogen (secondary N) is 1. The van der Waals surface area contributed by atoms with E-state index < -0.39 is 6.04 Å². The zero-order chi connectivity index (χ0) is 12.8. The summed E-state index contributed by atoms with van der Waals surface area (Å²) >= 11 is 0. The Bertz CT molecular complexity index is 426. The van der Waals surface area contributed by atoms with Crippen molar-refractivity contribution < 1.29 is 4.79 Å². The van der Waals surface area contributed by atoms with E-state index >= 15 is 0 Å². The fraction of sp³-hybridized carbons (Fsp3) is 0.429. The fourth-order valence-electron chi connectivity index (χ4n) is 1.81. The molecule has 1 atom stereocenters. The largest absolute Gasteiger partial charge is 0.336 e. The van der Waals surface area contributed by atoms with E-state index in [0.29, 0.717) is 12.0 Å². The number of carbonyl (C=O) groups excluding carboxylic acids is 1. The number of hydrogen-bond acceptors (Lipinski definition) is 2. The van der Waals surface area contributed by atoms with Crippen LogP contribution >= 0.6 is 0 Å². The number of nitrogens with zero attached hydrogens (tertiary/aromatic N) is 1. The highest BCUT2D eigenvalue weighted by atomic mass is 16.1. The third-order valence-corrected chi connectivity index (χ3v) is 2.52. The zero-order valence-corrected chi connectivity index (χ0v) is 10.6. The van der Waals surface area contributed by atoms with Crippen LogP contribution in [0.4, 0.5) is 0 Å². The van der Waals surface area contributed by atoms with Crippen LogP contribution in [0.1, 0.15) is 41.3 Å². The van der Waals surface area contributed by atoms with Gasteiger partial charge in [0.15, 0.2) is 0 Å². The van der Waals surface area contributed by atoms with E-state index in [1.165, 1.54) is 0 Å². The van der Waals surface area contributed by atoms with Crippen LogP contribution in [0.5, 0.6) is 0 Å². The minimum Gasteiger partial charge on any atom is -0.336 e. The van der Waals surface area contributed by atoms with Crippen LogP contribution in [0.15, 0.2) is 18.2 Å². The predicted octanol–water partition coefficient (Wildman–Crippen LogP) is 2.73. The topological polar surface area (TPSA) is 52.9 Å². The van der Waals surface area contributed by atoms with Gasteiger partial charge in [0.2, 0.25) is 0 Å². The van der Waals surface area contributed by atoms with Crippen LogP contribution in [0.3, 0.4) is 0 Å². The molecule has 1 rings (SSSR count). The molecule has 3 heteroatoms. The molecule has 0 aliphatic carbocycles. The summed E-state index contributed by atoms with van der Waals surface area (Å²) in [5.41, 5.74) is 2.73. The van der Waals surface area contributed by atoms with Crippen molar-refractivity contribution in [3.8, 4) is 6.07 Å². The van der Waals surface area contributed by atoms with Crippen LogP contribution < -0.4 is 5.32 Å². The monoisotopic (exact) mass is 230 g/mol. The second kappa shape index (κ2) is 6.05. The zero-order valence-electron chi connectivity index (χ0n) is 10.6. The summed E-state index contributed by atoms with van der Waals surface area (Å²) in [6.45, 7) is 5.91. The molecule has 1 N–H and O–H groups in total. The highest BCUT2D eigenvalue weighted by Crippen LogP contribution is 2.09. The van der Waals surface area contributed by atoms with Crippen molar-refractivity contribution in [1.29, 1.82) is 5.26 Å². The Kier molecular flexibility index (Phi) is 4.71.